The first-order valence-corrected chi connectivity index (χ1v) is 12.0. The third-order valence-corrected chi connectivity index (χ3v) is 7.25. The van der Waals surface area contributed by atoms with Gasteiger partial charge in [-0.25, -0.2) is 4.98 Å². The van der Waals surface area contributed by atoms with Crippen LogP contribution >= 0.6 is 23.1 Å². The minimum absolute atomic E-state index is 0.0118. The Morgan fingerprint density at radius 2 is 2.10 bits per heavy atom. The highest BCUT2D eigenvalue weighted by Gasteiger charge is 2.28. The van der Waals surface area contributed by atoms with Crippen molar-refractivity contribution in [2.45, 2.75) is 44.8 Å². The van der Waals surface area contributed by atoms with Gasteiger partial charge >= 0.3 is 5.97 Å². The number of carbonyl (C=O) groups excluding carboxylic acids is 2. The quantitative estimate of drug-likeness (QED) is 0.267. The second-order valence-electron chi connectivity index (χ2n) is 7.08. The molecule has 1 aliphatic heterocycles. The van der Waals surface area contributed by atoms with Crippen molar-refractivity contribution in [1.29, 1.82) is 0 Å². The molecule has 30 heavy (non-hydrogen) atoms. The molecule has 3 heterocycles. The molecule has 0 atom stereocenters. The van der Waals surface area contributed by atoms with Gasteiger partial charge < -0.3 is 9.64 Å². The Hall–Kier alpha value is -2.13. The molecule has 0 N–H and O–H groups in total. The zero-order valence-electron chi connectivity index (χ0n) is 17.4. The predicted molar refractivity (Wildman–Crippen MR) is 120 cm³/mol. The van der Waals surface area contributed by atoms with E-state index in [1.807, 2.05) is 13.0 Å². The molecule has 1 aliphatic rings. The minimum Gasteiger partial charge on any atom is -0.466 e. The fourth-order valence-corrected chi connectivity index (χ4v) is 5.38. The number of thiophene rings is 1. The summed E-state index contributed by atoms with van der Waals surface area (Å²) in [5, 5.41) is 1.15. The van der Waals surface area contributed by atoms with Crippen molar-refractivity contribution in [2.24, 2.45) is 5.92 Å². The smallest absolute Gasteiger partial charge is 0.309 e. The van der Waals surface area contributed by atoms with E-state index in [0.29, 0.717) is 54.5 Å². The first-order valence-electron chi connectivity index (χ1n) is 10.2. The van der Waals surface area contributed by atoms with Crippen LogP contribution in [-0.4, -0.2) is 51.8 Å². The Morgan fingerprint density at radius 3 is 2.73 bits per heavy atom. The monoisotopic (exact) mass is 449 g/mol. The van der Waals surface area contributed by atoms with Gasteiger partial charge in [-0.1, -0.05) is 24.8 Å². The summed E-state index contributed by atoms with van der Waals surface area (Å²) in [5.41, 5.74) is -0.0963. The lowest BCUT2D eigenvalue weighted by atomic mass is 9.97. The lowest BCUT2D eigenvalue weighted by Gasteiger charge is -2.30. The number of aromatic nitrogens is 2. The number of hydrogen-bond donors (Lipinski definition) is 0. The lowest BCUT2D eigenvalue weighted by Crippen LogP contribution is -2.41. The number of nitrogens with zero attached hydrogens (tertiary/aromatic N) is 3. The largest absolute Gasteiger partial charge is 0.466 e. The summed E-state index contributed by atoms with van der Waals surface area (Å²) in [5.74, 6) is -0.116. The lowest BCUT2D eigenvalue weighted by molar-refractivity contribution is -0.151. The Bertz CT molecular complexity index is 990. The van der Waals surface area contributed by atoms with E-state index in [-0.39, 0.29) is 29.1 Å². The summed E-state index contributed by atoms with van der Waals surface area (Å²) in [6.07, 6.45) is 3.75. The molecule has 0 saturated carbocycles. The summed E-state index contributed by atoms with van der Waals surface area (Å²) in [7, 11) is 0. The zero-order chi connectivity index (χ0) is 21.7. The van der Waals surface area contributed by atoms with Crippen LogP contribution in [-0.2, 0) is 27.3 Å². The molecule has 2 aromatic heterocycles. The average molecular weight is 450 g/mol. The molecule has 3 rings (SSSR count). The van der Waals surface area contributed by atoms with Crippen molar-refractivity contribution in [3.63, 3.8) is 0 Å². The first kappa shape index (κ1) is 22.6. The summed E-state index contributed by atoms with van der Waals surface area (Å²) >= 11 is 2.80. The van der Waals surface area contributed by atoms with Gasteiger partial charge in [0.1, 0.15) is 4.83 Å². The molecule has 0 radical (unpaired) electrons. The van der Waals surface area contributed by atoms with Gasteiger partial charge in [-0.05, 0) is 32.3 Å². The molecule has 9 heteroatoms. The number of esters is 1. The van der Waals surface area contributed by atoms with Crippen LogP contribution < -0.4 is 5.56 Å². The Labute approximate surface area is 184 Å². The third-order valence-electron chi connectivity index (χ3n) is 5.12. The maximum absolute atomic E-state index is 12.9. The van der Waals surface area contributed by atoms with E-state index in [1.165, 1.54) is 23.1 Å². The zero-order valence-corrected chi connectivity index (χ0v) is 19.0. The van der Waals surface area contributed by atoms with Gasteiger partial charge in [-0.3, -0.25) is 19.0 Å². The number of carbonyl (C=O) groups is 2. The number of rotatable bonds is 8. The van der Waals surface area contributed by atoms with Crippen LogP contribution in [0.25, 0.3) is 10.2 Å². The van der Waals surface area contributed by atoms with E-state index in [4.69, 9.17) is 4.74 Å². The van der Waals surface area contributed by atoms with Gasteiger partial charge in [0, 0.05) is 24.5 Å². The molecule has 1 fully saturated rings. The summed E-state index contributed by atoms with van der Waals surface area (Å²) in [6, 6.07) is 1.90. The van der Waals surface area contributed by atoms with Crippen LogP contribution in [0.1, 0.15) is 31.6 Å². The van der Waals surface area contributed by atoms with Crippen molar-refractivity contribution >= 4 is 45.2 Å². The van der Waals surface area contributed by atoms with E-state index >= 15 is 0 Å². The van der Waals surface area contributed by atoms with Gasteiger partial charge in [0.05, 0.1) is 23.7 Å². The topological polar surface area (TPSA) is 81.5 Å². The molecule has 0 bridgehead atoms. The molecule has 0 unspecified atom stereocenters. The van der Waals surface area contributed by atoms with E-state index in [0.717, 1.165) is 11.3 Å². The first-order chi connectivity index (χ1) is 14.5. The highest BCUT2D eigenvalue weighted by atomic mass is 32.2. The van der Waals surface area contributed by atoms with Gasteiger partial charge in [-0.15, -0.1) is 17.9 Å². The number of piperidine rings is 1. The summed E-state index contributed by atoms with van der Waals surface area (Å²) in [6.45, 7) is 9.39. The number of aryl methyl sites for hydroxylation is 1. The Kier molecular flexibility index (Phi) is 7.71. The fraction of sp³-hybridized carbons (Fsp3) is 0.524. The second-order valence-corrected chi connectivity index (χ2v) is 9.14. The van der Waals surface area contributed by atoms with E-state index in [2.05, 4.69) is 11.6 Å². The minimum atomic E-state index is -0.174. The van der Waals surface area contributed by atoms with Crippen LogP contribution in [0, 0.1) is 5.92 Å². The van der Waals surface area contributed by atoms with Gasteiger partial charge in [0.2, 0.25) is 5.91 Å². The molecule has 7 nitrogen and oxygen atoms in total. The number of fused-ring (bicyclic) bond motifs is 1. The van der Waals surface area contributed by atoms with Crippen molar-refractivity contribution in [2.75, 3.05) is 25.4 Å². The number of likely N-dealkylation sites (tertiary alicyclic amines) is 1. The van der Waals surface area contributed by atoms with E-state index < -0.39 is 0 Å². The van der Waals surface area contributed by atoms with Crippen molar-refractivity contribution in [1.82, 2.24) is 14.5 Å². The second kappa shape index (κ2) is 10.3. The van der Waals surface area contributed by atoms with Crippen LogP contribution in [0.2, 0.25) is 0 Å². The molecule has 0 aromatic carbocycles. The molecular formula is C21H27N3O4S2. The highest BCUT2D eigenvalue weighted by molar-refractivity contribution is 7.99. The maximum Gasteiger partial charge on any atom is 0.309 e. The average Bonchev–Trinajstić information content (AvgIpc) is 3.18. The normalized spacial score (nSPS) is 14.8. The highest BCUT2D eigenvalue weighted by Crippen LogP contribution is 2.26. The van der Waals surface area contributed by atoms with Gasteiger partial charge in [0.25, 0.3) is 5.56 Å². The number of allylic oxidation sites excluding steroid dienone is 1. The van der Waals surface area contributed by atoms with Crippen LogP contribution in [0.15, 0.2) is 28.7 Å². The SMILES string of the molecule is C=CCn1c(SCC(=O)N2CCC(C(=O)OCC)CC2)nc2sc(CC)cc2c1=O. The van der Waals surface area contributed by atoms with Crippen molar-refractivity contribution < 1.29 is 14.3 Å². The fourth-order valence-electron chi connectivity index (χ4n) is 3.46. The molecule has 162 valence electrons. The van der Waals surface area contributed by atoms with Crippen LogP contribution in [0.4, 0.5) is 0 Å². The van der Waals surface area contributed by atoms with E-state index in [1.54, 1.807) is 22.5 Å². The third kappa shape index (κ3) is 4.95. The number of amides is 1. The predicted octanol–water partition coefficient (Wildman–Crippen LogP) is 3.10. The van der Waals surface area contributed by atoms with Crippen LogP contribution in [0.3, 0.4) is 0 Å². The van der Waals surface area contributed by atoms with Crippen LogP contribution in [0.5, 0.6) is 0 Å². The molecule has 0 aliphatic carbocycles. The van der Waals surface area contributed by atoms with Gasteiger partial charge in [0.15, 0.2) is 5.16 Å². The molecule has 1 amide bonds. The Balaban J connectivity index is 1.68. The molecule has 2 aromatic rings. The molecular weight excluding hydrogens is 422 g/mol. The maximum atomic E-state index is 12.9. The number of ether oxygens (including phenoxy) is 1. The number of hydrogen-bond acceptors (Lipinski definition) is 7. The Morgan fingerprint density at radius 1 is 1.37 bits per heavy atom. The summed E-state index contributed by atoms with van der Waals surface area (Å²) < 4.78 is 6.66. The molecule has 1 saturated heterocycles. The van der Waals surface area contributed by atoms with Gasteiger partial charge in [-0.2, -0.15) is 0 Å². The standard InChI is InChI=1S/C21H27N3O4S2/c1-4-9-24-19(26)16-12-15(5-2)30-18(16)22-21(24)29-13-17(25)23-10-7-14(8-11-23)20(27)28-6-3/h4,12,14H,1,5-11,13H2,2-3H3. The van der Waals surface area contributed by atoms with E-state index in [9.17, 15) is 14.4 Å². The van der Waals surface area contributed by atoms with Crippen molar-refractivity contribution in [3.8, 4) is 0 Å². The summed E-state index contributed by atoms with van der Waals surface area (Å²) in [4.78, 5) is 45.7. The molecule has 0 spiro atoms. The number of thioether (sulfide) groups is 1. The van der Waals surface area contributed by atoms with Crippen molar-refractivity contribution in [3.05, 3.63) is 34.0 Å².